The fourth-order valence-corrected chi connectivity index (χ4v) is 0.448. The van der Waals surface area contributed by atoms with Gasteiger partial charge in [0, 0.05) is 7.11 Å². The van der Waals surface area contributed by atoms with Crippen LogP contribution in [0.15, 0.2) is 6.08 Å². The summed E-state index contributed by atoms with van der Waals surface area (Å²) >= 11 is 4.25. The van der Waals surface area contributed by atoms with Crippen LogP contribution in [0.4, 0.5) is 0 Å². The third kappa shape index (κ3) is 15.9. The second kappa shape index (κ2) is 16.3. The van der Waals surface area contributed by atoms with E-state index in [4.69, 9.17) is 0 Å². The zero-order valence-electron chi connectivity index (χ0n) is 6.69. The number of methoxy groups -OCH3 is 1. The van der Waals surface area contributed by atoms with Crippen LogP contribution < -0.4 is 0 Å². The van der Waals surface area contributed by atoms with E-state index in [1.807, 2.05) is 6.08 Å². The molecule has 0 aliphatic carbocycles. The van der Waals surface area contributed by atoms with Gasteiger partial charge >= 0.3 is 30.0 Å². The fraction of sp³-hybridized carbons (Fsp3) is 0.714. The van der Waals surface area contributed by atoms with Gasteiger partial charge in [-0.1, -0.05) is 26.2 Å². The van der Waals surface area contributed by atoms with Crippen molar-refractivity contribution in [2.75, 3.05) is 7.11 Å². The van der Waals surface area contributed by atoms with Gasteiger partial charge in [-0.2, -0.15) is 0 Å². The van der Waals surface area contributed by atoms with Crippen LogP contribution in [-0.4, -0.2) is 7.11 Å². The summed E-state index contributed by atoms with van der Waals surface area (Å²) < 4.78 is 4.58. The van der Waals surface area contributed by atoms with E-state index < -0.39 is 0 Å². The molecule has 0 bridgehead atoms. The zero-order valence-corrected chi connectivity index (χ0v) is 11.2. The second-order valence-corrected chi connectivity index (χ2v) is 1.67. The first-order valence-electron chi connectivity index (χ1n) is 3.28. The Morgan fingerprint density at radius 3 is 2.60 bits per heavy atom. The molecule has 0 amide bonds. The Morgan fingerprint density at radius 1 is 1.60 bits per heavy atom. The molecule has 10 heavy (non-hydrogen) atoms. The number of halogens is 1. The Hall–Kier alpha value is 0.643. The van der Waals surface area contributed by atoms with Gasteiger partial charge in [0.25, 0.3) is 0 Å². The Kier molecular flexibility index (Phi) is 21.6. The first kappa shape index (κ1) is 13.2. The Bertz CT molecular complexity index is 66.6. The summed E-state index contributed by atoms with van der Waals surface area (Å²) in [6.45, 7) is 2.17. The molecule has 0 saturated heterocycles. The molecule has 0 heterocycles. The number of ether oxygens (including phenoxy) is 1. The molecule has 0 unspecified atom stereocenters. The first-order valence-corrected chi connectivity index (χ1v) is 10.2. The van der Waals surface area contributed by atoms with Crippen molar-refractivity contribution in [2.45, 2.75) is 26.2 Å². The minimum absolute atomic E-state index is 1.09. The normalized spacial score (nSPS) is 8.90. The summed E-state index contributed by atoms with van der Waals surface area (Å²) in [4.78, 5) is 0. The molecule has 56 valence electrons. The first-order chi connectivity index (χ1) is 4.91. The zero-order chi connectivity index (χ0) is 8.24. The van der Waals surface area contributed by atoms with E-state index in [2.05, 4.69) is 31.5 Å². The van der Waals surface area contributed by atoms with Gasteiger partial charge in [0.05, 0.1) is 0 Å². The van der Waals surface area contributed by atoms with Gasteiger partial charge in [-0.05, 0) is 0 Å². The number of hydrogen-bond donors (Lipinski definition) is 0. The van der Waals surface area contributed by atoms with Crippen LogP contribution in [0.25, 0.3) is 0 Å². The van der Waals surface area contributed by atoms with Crippen molar-refractivity contribution in [3.8, 4) is 0 Å². The molecular weight excluding hydrogens is 245 g/mol. The number of hydrogen-bond acceptors (Lipinski definition) is 1. The SMILES string of the molecule is CCCCC=[C-]OC.[Zn+][Br]. The fourth-order valence-electron chi connectivity index (χ4n) is 0.448. The third-order valence-corrected chi connectivity index (χ3v) is 0.903. The Balaban J connectivity index is 0. The molecular formula is C7H13BrOZn. The number of unbranched alkanes of at least 4 members (excludes halogenated alkanes) is 2. The maximum atomic E-state index is 4.58. The number of allylic oxidation sites excluding steroid dienone is 1. The molecule has 0 aromatic rings. The van der Waals surface area contributed by atoms with Gasteiger partial charge in [0.2, 0.25) is 0 Å². The van der Waals surface area contributed by atoms with Gasteiger partial charge in [-0.3, -0.25) is 0 Å². The van der Waals surface area contributed by atoms with E-state index in [-0.39, 0.29) is 0 Å². The summed E-state index contributed by atoms with van der Waals surface area (Å²) in [7, 11) is 1.61. The average molecular weight is 258 g/mol. The molecule has 0 aromatic carbocycles. The van der Waals surface area contributed by atoms with Crippen molar-refractivity contribution in [1.29, 1.82) is 0 Å². The Labute approximate surface area is 80.3 Å². The van der Waals surface area contributed by atoms with Gasteiger partial charge in [0.1, 0.15) is 0 Å². The summed E-state index contributed by atoms with van der Waals surface area (Å²) in [6, 6.07) is 0. The molecule has 0 radical (unpaired) electrons. The summed E-state index contributed by atoms with van der Waals surface area (Å²) in [5, 5.41) is 0. The van der Waals surface area contributed by atoms with Crippen LogP contribution in [0.3, 0.4) is 0 Å². The van der Waals surface area contributed by atoms with Gasteiger partial charge < -0.3 is 11.0 Å². The minimum atomic E-state index is 1.09. The monoisotopic (exact) mass is 256 g/mol. The van der Waals surface area contributed by atoms with Crippen LogP contribution in [0.1, 0.15) is 26.2 Å². The van der Waals surface area contributed by atoms with Crippen LogP contribution in [0.2, 0.25) is 0 Å². The van der Waals surface area contributed by atoms with Gasteiger partial charge in [-0.25, -0.2) is 6.08 Å². The molecule has 0 aliphatic heterocycles. The van der Waals surface area contributed by atoms with E-state index in [0.717, 1.165) is 6.42 Å². The van der Waals surface area contributed by atoms with E-state index in [1.54, 1.807) is 7.11 Å². The van der Waals surface area contributed by atoms with Crippen LogP contribution >= 0.6 is 13.6 Å². The van der Waals surface area contributed by atoms with Crippen molar-refractivity contribution in [3.63, 3.8) is 0 Å². The molecule has 0 saturated carbocycles. The van der Waals surface area contributed by atoms with Crippen LogP contribution in [0, 0.1) is 6.26 Å². The topological polar surface area (TPSA) is 9.23 Å². The summed E-state index contributed by atoms with van der Waals surface area (Å²) in [5.74, 6) is 0. The molecule has 3 heteroatoms. The van der Waals surface area contributed by atoms with Crippen LogP contribution in [-0.2, 0) is 21.1 Å². The van der Waals surface area contributed by atoms with E-state index in [9.17, 15) is 0 Å². The van der Waals surface area contributed by atoms with Crippen molar-refractivity contribution < 1.29 is 21.1 Å². The van der Waals surface area contributed by atoms with Crippen molar-refractivity contribution in [2.24, 2.45) is 0 Å². The third-order valence-electron chi connectivity index (χ3n) is 0.903. The van der Waals surface area contributed by atoms with E-state index in [1.165, 1.54) is 29.2 Å². The van der Waals surface area contributed by atoms with Gasteiger partial charge in [-0.15, -0.1) is 0 Å². The molecule has 0 aromatic heterocycles. The van der Waals surface area contributed by atoms with Gasteiger partial charge in [0.15, 0.2) is 0 Å². The predicted octanol–water partition coefficient (Wildman–Crippen LogP) is 2.98. The van der Waals surface area contributed by atoms with Crippen molar-refractivity contribution in [3.05, 3.63) is 12.3 Å². The summed E-state index contributed by atoms with van der Waals surface area (Å²) in [6.07, 6.45) is 8.14. The molecule has 0 spiro atoms. The van der Waals surface area contributed by atoms with Crippen molar-refractivity contribution in [1.82, 2.24) is 0 Å². The molecule has 0 rings (SSSR count). The Morgan fingerprint density at radius 2 is 2.20 bits per heavy atom. The van der Waals surface area contributed by atoms with Crippen molar-refractivity contribution >= 4 is 13.6 Å². The predicted molar refractivity (Wildman–Crippen MR) is 43.3 cm³/mol. The summed E-state index contributed by atoms with van der Waals surface area (Å²) in [5.41, 5.74) is 0. The molecule has 1 nitrogen and oxygen atoms in total. The molecule has 0 aliphatic rings. The quantitative estimate of drug-likeness (QED) is 0.326. The molecule has 0 fully saturated rings. The standard InChI is InChI=1S/C7H13O.BrH.Zn/c1-3-4-5-6-7-8-2;;/h6H,3-5H2,1-2H3;1H;/q-1;;+2/p-1. The second-order valence-electron chi connectivity index (χ2n) is 1.67. The maximum absolute atomic E-state index is 4.58. The molecule has 0 atom stereocenters. The molecule has 0 N–H and O–H groups in total. The van der Waals surface area contributed by atoms with Crippen LogP contribution in [0.5, 0.6) is 0 Å². The van der Waals surface area contributed by atoms with E-state index in [0.29, 0.717) is 0 Å². The van der Waals surface area contributed by atoms with E-state index >= 15 is 0 Å². The average Bonchev–Trinajstić information content (AvgIpc) is 2.02. The number of rotatable bonds is 4.